The number of unbranched alkanes of at least 4 members (excludes halogenated alkanes) is 1. The van der Waals surface area contributed by atoms with Gasteiger partial charge in [-0.2, -0.15) is 0 Å². The van der Waals surface area contributed by atoms with Crippen LogP contribution in [0.15, 0.2) is 0 Å². The Hall–Kier alpha value is -0.0800. The summed E-state index contributed by atoms with van der Waals surface area (Å²) in [6.45, 7) is 12.6. The molecule has 0 spiro atoms. The lowest BCUT2D eigenvalue weighted by Gasteiger charge is -2.37. The molecule has 1 heterocycles. The second-order valence-electron chi connectivity index (χ2n) is 5.44. The zero-order valence-corrected chi connectivity index (χ0v) is 11.5. The van der Waals surface area contributed by atoms with E-state index >= 15 is 0 Å². The first-order chi connectivity index (χ1) is 7.65. The number of rotatable bonds is 6. The molecule has 96 valence electrons. The minimum Gasteiger partial charge on any atom is -0.378 e. The molecule has 0 aromatic rings. The van der Waals surface area contributed by atoms with Crippen LogP contribution < -0.4 is 0 Å². The zero-order chi connectivity index (χ0) is 12.0. The van der Waals surface area contributed by atoms with E-state index in [1.165, 1.54) is 38.8 Å². The molecule has 1 aliphatic heterocycles. The predicted octanol–water partition coefficient (Wildman–Crippen LogP) is 3.31. The molecule has 0 unspecified atom stereocenters. The first-order valence-corrected chi connectivity index (χ1v) is 7.00. The standard InChI is InChI=1S/C14H29NO/c1-5-6-11-16-14-7-9-15(10-8-14)13(4)12(2)3/h12-14H,5-11H2,1-4H3/t13-/m1/s1. The van der Waals surface area contributed by atoms with Crippen LogP contribution in [-0.4, -0.2) is 36.7 Å². The van der Waals surface area contributed by atoms with Crippen LogP contribution in [0.1, 0.15) is 53.4 Å². The fourth-order valence-corrected chi connectivity index (χ4v) is 2.27. The lowest BCUT2D eigenvalue weighted by atomic mass is 10.00. The molecule has 0 aromatic carbocycles. The fourth-order valence-electron chi connectivity index (χ4n) is 2.27. The third-order valence-electron chi connectivity index (χ3n) is 3.87. The second-order valence-corrected chi connectivity index (χ2v) is 5.44. The van der Waals surface area contributed by atoms with Crippen molar-refractivity contribution in [2.24, 2.45) is 5.92 Å². The summed E-state index contributed by atoms with van der Waals surface area (Å²) in [6.07, 6.45) is 5.43. The highest BCUT2D eigenvalue weighted by molar-refractivity contribution is 4.78. The Labute approximate surface area is 101 Å². The van der Waals surface area contributed by atoms with Gasteiger partial charge in [0.05, 0.1) is 6.10 Å². The normalized spacial score (nSPS) is 21.6. The van der Waals surface area contributed by atoms with E-state index in [1.807, 2.05) is 0 Å². The van der Waals surface area contributed by atoms with E-state index in [0.29, 0.717) is 6.10 Å². The summed E-state index contributed by atoms with van der Waals surface area (Å²) in [4.78, 5) is 2.62. The van der Waals surface area contributed by atoms with Crippen LogP contribution >= 0.6 is 0 Å². The van der Waals surface area contributed by atoms with Crippen molar-refractivity contribution in [3.63, 3.8) is 0 Å². The van der Waals surface area contributed by atoms with Crippen molar-refractivity contribution in [1.82, 2.24) is 4.90 Å². The fraction of sp³-hybridized carbons (Fsp3) is 1.00. The van der Waals surface area contributed by atoms with Crippen molar-refractivity contribution < 1.29 is 4.74 Å². The van der Waals surface area contributed by atoms with Gasteiger partial charge in [-0.3, -0.25) is 0 Å². The molecule has 0 bridgehead atoms. The van der Waals surface area contributed by atoms with Crippen LogP contribution in [-0.2, 0) is 4.74 Å². The molecule has 1 rings (SSSR count). The van der Waals surface area contributed by atoms with Gasteiger partial charge in [0.2, 0.25) is 0 Å². The van der Waals surface area contributed by atoms with Crippen LogP contribution in [0.2, 0.25) is 0 Å². The number of ether oxygens (including phenoxy) is 1. The van der Waals surface area contributed by atoms with Gasteiger partial charge in [-0.25, -0.2) is 0 Å². The zero-order valence-electron chi connectivity index (χ0n) is 11.5. The summed E-state index contributed by atoms with van der Waals surface area (Å²) in [7, 11) is 0. The Kier molecular flexibility index (Phi) is 6.37. The molecule has 1 saturated heterocycles. The molecule has 16 heavy (non-hydrogen) atoms. The van der Waals surface area contributed by atoms with Crippen molar-refractivity contribution in [1.29, 1.82) is 0 Å². The van der Waals surface area contributed by atoms with Crippen molar-refractivity contribution in [2.45, 2.75) is 65.5 Å². The molecular formula is C14H29NO. The largest absolute Gasteiger partial charge is 0.378 e. The molecule has 2 nitrogen and oxygen atoms in total. The van der Waals surface area contributed by atoms with E-state index in [0.717, 1.165) is 18.6 Å². The van der Waals surface area contributed by atoms with Crippen molar-refractivity contribution >= 4 is 0 Å². The van der Waals surface area contributed by atoms with E-state index in [-0.39, 0.29) is 0 Å². The highest BCUT2D eigenvalue weighted by Crippen LogP contribution is 2.19. The Bertz CT molecular complexity index is 174. The van der Waals surface area contributed by atoms with Gasteiger partial charge >= 0.3 is 0 Å². The van der Waals surface area contributed by atoms with Gasteiger partial charge in [0.15, 0.2) is 0 Å². The highest BCUT2D eigenvalue weighted by atomic mass is 16.5. The first kappa shape index (κ1) is 14.0. The number of hydrogen-bond donors (Lipinski definition) is 0. The minimum absolute atomic E-state index is 0.530. The van der Waals surface area contributed by atoms with Crippen molar-refractivity contribution in [2.75, 3.05) is 19.7 Å². The monoisotopic (exact) mass is 227 g/mol. The smallest absolute Gasteiger partial charge is 0.0599 e. The van der Waals surface area contributed by atoms with Gasteiger partial charge in [0, 0.05) is 25.7 Å². The quantitative estimate of drug-likeness (QED) is 0.645. The molecule has 2 heteroatoms. The van der Waals surface area contributed by atoms with E-state index in [1.54, 1.807) is 0 Å². The minimum atomic E-state index is 0.530. The van der Waals surface area contributed by atoms with Gasteiger partial charge in [0.25, 0.3) is 0 Å². The van der Waals surface area contributed by atoms with Crippen LogP contribution in [0.25, 0.3) is 0 Å². The highest BCUT2D eigenvalue weighted by Gasteiger charge is 2.24. The topological polar surface area (TPSA) is 12.5 Å². The van der Waals surface area contributed by atoms with Crippen molar-refractivity contribution in [3.8, 4) is 0 Å². The van der Waals surface area contributed by atoms with E-state index in [9.17, 15) is 0 Å². The number of hydrogen-bond acceptors (Lipinski definition) is 2. The third-order valence-corrected chi connectivity index (χ3v) is 3.87. The average molecular weight is 227 g/mol. The Morgan fingerprint density at radius 3 is 2.31 bits per heavy atom. The summed E-state index contributed by atoms with van der Waals surface area (Å²) >= 11 is 0. The van der Waals surface area contributed by atoms with Gasteiger partial charge in [-0.05, 0) is 32.1 Å². The molecule has 0 amide bonds. The second kappa shape index (κ2) is 7.29. The van der Waals surface area contributed by atoms with Crippen molar-refractivity contribution in [3.05, 3.63) is 0 Å². The SMILES string of the molecule is CCCCOC1CCN([C@H](C)C(C)C)CC1. The van der Waals surface area contributed by atoms with E-state index < -0.39 is 0 Å². The molecule has 1 atom stereocenters. The summed E-state index contributed by atoms with van der Waals surface area (Å²) in [5.74, 6) is 0.762. The average Bonchev–Trinajstić information content (AvgIpc) is 2.29. The summed E-state index contributed by atoms with van der Waals surface area (Å²) in [5, 5.41) is 0. The summed E-state index contributed by atoms with van der Waals surface area (Å²) in [5.41, 5.74) is 0. The Morgan fingerprint density at radius 2 is 1.81 bits per heavy atom. The number of nitrogens with zero attached hydrogens (tertiary/aromatic N) is 1. The maximum absolute atomic E-state index is 5.89. The maximum Gasteiger partial charge on any atom is 0.0599 e. The van der Waals surface area contributed by atoms with Gasteiger partial charge in [-0.15, -0.1) is 0 Å². The number of likely N-dealkylation sites (tertiary alicyclic amines) is 1. The molecule has 0 saturated carbocycles. The van der Waals surface area contributed by atoms with Crippen LogP contribution in [0.5, 0.6) is 0 Å². The Morgan fingerprint density at radius 1 is 1.19 bits per heavy atom. The lowest BCUT2D eigenvalue weighted by molar-refractivity contribution is -0.00571. The van der Waals surface area contributed by atoms with E-state index in [2.05, 4.69) is 32.6 Å². The summed E-state index contributed by atoms with van der Waals surface area (Å²) in [6, 6.07) is 0.719. The van der Waals surface area contributed by atoms with Crippen LogP contribution in [0.4, 0.5) is 0 Å². The first-order valence-electron chi connectivity index (χ1n) is 7.00. The third kappa shape index (κ3) is 4.42. The molecule has 0 aliphatic carbocycles. The van der Waals surface area contributed by atoms with Gasteiger partial charge in [0.1, 0.15) is 0 Å². The van der Waals surface area contributed by atoms with Gasteiger partial charge < -0.3 is 9.64 Å². The van der Waals surface area contributed by atoms with Crippen LogP contribution in [0, 0.1) is 5.92 Å². The molecule has 0 radical (unpaired) electrons. The maximum atomic E-state index is 5.89. The Balaban J connectivity index is 2.18. The molecule has 0 aromatic heterocycles. The van der Waals surface area contributed by atoms with E-state index in [4.69, 9.17) is 4.74 Å². The molecule has 0 N–H and O–H groups in total. The summed E-state index contributed by atoms with van der Waals surface area (Å²) < 4.78 is 5.89. The lowest BCUT2D eigenvalue weighted by Crippen LogP contribution is -2.44. The number of piperidine rings is 1. The molecular weight excluding hydrogens is 198 g/mol. The van der Waals surface area contributed by atoms with Crippen LogP contribution in [0.3, 0.4) is 0 Å². The molecule has 1 aliphatic rings. The van der Waals surface area contributed by atoms with Gasteiger partial charge in [-0.1, -0.05) is 27.2 Å². The molecule has 1 fully saturated rings. The predicted molar refractivity (Wildman–Crippen MR) is 69.8 cm³/mol.